The Kier molecular flexibility index (Phi) is 8.91. The zero-order valence-electron chi connectivity index (χ0n) is 27.6. The van der Waals surface area contributed by atoms with E-state index in [1.165, 1.54) is 0 Å². The van der Waals surface area contributed by atoms with Crippen LogP contribution in [0, 0.1) is 0 Å². The van der Waals surface area contributed by atoms with Crippen molar-refractivity contribution in [2.75, 3.05) is 18.0 Å². The van der Waals surface area contributed by atoms with Gasteiger partial charge in [0.1, 0.15) is 11.6 Å². The van der Waals surface area contributed by atoms with Crippen molar-refractivity contribution in [2.45, 2.75) is 78.0 Å². The number of β-amino-alcohol motifs (C(OH)–C–C–N with tert-alkyl or cyclic N) is 1. The molecule has 6 aromatic rings. The lowest BCUT2D eigenvalue weighted by atomic mass is 9.96. The normalized spacial score (nSPS) is 15.3. The molecule has 1 saturated heterocycles. The number of anilines is 1. The summed E-state index contributed by atoms with van der Waals surface area (Å²) >= 11 is 6.22. The van der Waals surface area contributed by atoms with Crippen molar-refractivity contribution in [1.82, 2.24) is 49.9 Å². The number of halogens is 1. The molecule has 5 heterocycles. The predicted molar refractivity (Wildman–Crippen MR) is 183 cm³/mol. The zero-order valence-corrected chi connectivity index (χ0v) is 28.4. The molecule has 0 aliphatic carbocycles. The molecular weight excluding hydrogens is 614 g/mol. The van der Waals surface area contributed by atoms with Crippen molar-refractivity contribution in [1.29, 1.82) is 0 Å². The second-order valence-electron chi connectivity index (χ2n) is 13.9. The summed E-state index contributed by atoms with van der Waals surface area (Å²) in [6, 6.07) is 20.2. The van der Waals surface area contributed by atoms with Crippen LogP contribution in [0.4, 0.5) is 5.82 Å². The summed E-state index contributed by atoms with van der Waals surface area (Å²) in [5.74, 6) is 2.23. The van der Waals surface area contributed by atoms with Gasteiger partial charge in [-0.2, -0.15) is 0 Å². The fourth-order valence-electron chi connectivity index (χ4n) is 5.22. The van der Waals surface area contributed by atoms with Crippen molar-refractivity contribution >= 4 is 39.7 Å². The molecule has 2 aromatic carbocycles. The van der Waals surface area contributed by atoms with Gasteiger partial charge in [0.25, 0.3) is 0 Å². The summed E-state index contributed by atoms with van der Waals surface area (Å²) in [6.45, 7) is 15.0. The summed E-state index contributed by atoms with van der Waals surface area (Å²) in [5.41, 5.74) is 4.56. The lowest BCUT2D eigenvalue weighted by molar-refractivity contribution is 0.198. The minimum atomic E-state index is -0.322. The third-order valence-corrected chi connectivity index (χ3v) is 8.08. The zero-order chi connectivity index (χ0) is 33.3. The molecule has 47 heavy (non-hydrogen) atoms. The van der Waals surface area contributed by atoms with Crippen LogP contribution in [0.2, 0.25) is 5.15 Å². The standard InChI is InChI=1S/C19H24N6O.C15H16ClN5/c1-19(2,3)18-20-16(24-10-9-14(26)12-24)15-17(21-18)25(23-22-15)11-13-7-5-4-6-8-13;1-15(2,3)14-17-12(16)11-13(18-14)21(20-19-11)9-10-7-5-4-6-8-10/h4-8,14,26H,9-12H2,1-3H3;4-8H,9H2,1-3H3/t14-;/m0./s1. The first-order valence-corrected chi connectivity index (χ1v) is 16.1. The van der Waals surface area contributed by atoms with Crippen molar-refractivity contribution in [3.05, 3.63) is 88.6 Å². The lowest BCUT2D eigenvalue weighted by Gasteiger charge is -2.21. The Morgan fingerprint density at radius 3 is 1.68 bits per heavy atom. The van der Waals surface area contributed by atoms with E-state index in [0.717, 1.165) is 41.4 Å². The number of aromatic nitrogens is 10. The van der Waals surface area contributed by atoms with E-state index in [4.69, 9.17) is 21.6 Å². The van der Waals surface area contributed by atoms with Gasteiger partial charge in [0.15, 0.2) is 33.3 Å². The number of hydrogen-bond donors (Lipinski definition) is 1. The molecule has 0 bridgehead atoms. The van der Waals surface area contributed by atoms with Gasteiger partial charge in [-0.3, -0.25) is 0 Å². The molecular formula is C34H40ClN11O. The third-order valence-electron chi connectivity index (χ3n) is 7.82. The molecule has 0 saturated carbocycles. The van der Waals surface area contributed by atoms with Crippen LogP contribution in [0.3, 0.4) is 0 Å². The van der Waals surface area contributed by atoms with E-state index in [-0.39, 0.29) is 16.9 Å². The van der Waals surface area contributed by atoms with Gasteiger partial charge in [0, 0.05) is 23.9 Å². The minimum absolute atomic E-state index is 0.181. The van der Waals surface area contributed by atoms with Gasteiger partial charge in [0.2, 0.25) is 0 Å². The number of benzene rings is 2. The van der Waals surface area contributed by atoms with E-state index in [1.54, 1.807) is 4.68 Å². The monoisotopic (exact) mass is 653 g/mol. The van der Waals surface area contributed by atoms with Gasteiger partial charge in [-0.1, -0.05) is 124 Å². The fourth-order valence-corrected chi connectivity index (χ4v) is 5.42. The highest BCUT2D eigenvalue weighted by Crippen LogP contribution is 2.30. The first-order chi connectivity index (χ1) is 22.4. The number of rotatable bonds is 5. The van der Waals surface area contributed by atoms with Crippen molar-refractivity contribution < 1.29 is 5.11 Å². The molecule has 7 rings (SSSR count). The molecule has 1 aliphatic rings. The summed E-state index contributed by atoms with van der Waals surface area (Å²) in [4.78, 5) is 20.6. The minimum Gasteiger partial charge on any atom is -0.391 e. The first-order valence-electron chi connectivity index (χ1n) is 15.8. The number of fused-ring (bicyclic) bond motifs is 2. The number of aliphatic hydroxyl groups is 1. The van der Waals surface area contributed by atoms with Crippen molar-refractivity contribution in [2.24, 2.45) is 0 Å². The molecule has 0 unspecified atom stereocenters. The maximum absolute atomic E-state index is 9.94. The molecule has 1 atom stereocenters. The third kappa shape index (κ3) is 7.23. The summed E-state index contributed by atoms with van der Waals surface area (Å²) in [5, 5.41) is 27.2. The van der Waals surface area contributed by atoms with Crippen molar-refractivity contribution in [3.8, 4) is 0 Å². The average Bonchev–Trinajstić information content (AvgIpc) is 3.76. The van der Waals surface area contributed by atoms with Crippen LogP contribution in [0.15, 0.2) is 60.7 Å². The quantitative estimate of drug-likeness (QED) is 0.242. The van der Waals surface area contributed by atoms with Gasteiger partial charge >= 0.3 is 0 Å². The highest BCUT2D eigenvalue weighted by atomic mass is 35.5. The number of aliphatic hydroxyl groups excluding tert-OH is 1. The Labute approximate surface area is 278 Å². The van der Waals surface area contributed by atoms with Crippen LogP contribution in [-0.4, -0.2) is 74.2 Å². The fraction of sp³-hybridized carbons (Fsp3) is 0.412. The Morgan fingerprint density at radius 1 is 0.702 bits per heavy atom. The van der Waals surface area contributed by atoms with E-state index in [1.807, 2.05) is 53.2 Å². The lowest BCUT2D eigenvalue weighted by Crippen LogP contribution is -2.25. The maximum atomic E-state index is 9.94. The SMILES string of the molecule is CC(C)(C)c1nc(Cl)c2nnn(Cc3ccccc3)c2n1.CC(C)(C)c1nc(N2CC[C@H](O)C2)c2nnn(Cc3ccccc3)c2n1. The van der Waals surface area contributed by atoms with Crippen molar-refractivity contribution in [3.63, 3.8) is 0 Å². The van der Waals surface area contributed by atoms with E-state index in [2.05, 4.69) is 89.2 Å². The largest absolute Gasteiger partial charge is 0.391 e. The molecule has 0 radical (unpaired) electrons. The summed E-state index contributed by atoms with van der Waals surface area (Å²) in [6.07, 6.45) is 0.423. The van der Waals surface area contributed by atoms with Crippen LogP contribution in [-0.2, 0) is 23.9 Å². The topological polar surface area (TPSA) is 136 Å². The van der Waals surface area contributed by atoms with E-state index in [0.29, 0.717) is 47.3 Å². The summed E-state index contributed by atoms with van der Waals surface area (Å²) in [7, 11) is 0. The molecule has 244 valence electrons. The summed E-state index contributed by atoms with van der Waals surface area (Å²) < 4.78 is 3.59. The van der Waals surface area contributed by atoms with Crippen LogP contribution in [0.25, 0.3) is 22.3 Å². The number of hydrogen-bond acceptors (Lipinski definition) is 10. The molecule has 13 heteroatoms. The van der Waals surface area contributed by atoms with Gasteiger partial charge < -0.3 is 10.0 Å². The van der Waals surface area contributed by atoms with Crippen LogP contribution >= 0.6 is 11.6 Å². The van der Waals surface area contributed by atoms with Crippen LogP contribution in [0.5, 0.6) is 0 Å². The second-order valence-corrected chi connectivity index (χ2v) is 14.3. The smallest absolute Gasteiger partial charge is 0.184 e. The molecule has 4 aromatic heterocycles. The molecule has 1 N–H and O–H groups in total. The molecule has 12 nitrogen and oxygen atoms in total. The van der Waals surface area contributed by atoms with Gasteiger partial charge in [-0.15, -0.1) is 10.2 Å². The Hall–Kier alpha value is -4.55. The Bertz CT molecular complexity index is 1980. The highest BCUT2D eigenvalue weighted by molar-refractivity contribution is 6.33. The van der Waals surface area contributed by atoms with Gasteiger partial charge in [0.05, 0.1) is 19.2 Å². The van der Waals surface area contributed by atoms with E-state index < -0.39 is 0 Å². The first kappa shape index (κ1) is 32.4. The Balaban J connectivity index is 0.000000168. The predicted octanol–water partition coefficient (Wildman–Crippen LogP) is 5.36. The van der Waals surface area contributed by atoms with Gasteiger partial charge in [-0.05, 0) is 17.5 Å². The Morgan fingerprint density at radius 2 is 1.19 bits per heavy atom. The van der Waals surface area contributed by atoms with E-state index in [9.17, 15) is 5.11 Å². The number of nitrogens with zero attached hydrogens (tertiary/aromatic N) is 11. The molecule has 0 amide bonds. The van der Waals surface area contributed by atoms with Crippen LogP contribution in [0.1, 0.15) is 70.7 Å². The molecule has 0 spiro atoms. The second kappa shape index (κ2) is 12.9. The molecule has 1 fully saturated rings. The maximum Gasteiger partial charge on any atom is 0.184 e. The van der Waals surface area contributed by atoms with Crippen LogP contribution < -0.4 is 4.90 Å². The van der Waals surface area contributed by atoms with Gasteiger partial charge in [-0.25, -0.2) is 29.3 Å². The average molecular weight is 654 g/mol. The highest BCUT2D eigenvalue weighted by Gasteiger charge is 2.29. The molecule has 1 aliphatic heterocycles. The van der Waals surface area contributed by atoms with E-state index >= 15 is 0 Å².